The van der Waals surface area contributed by atoms with Crippen LogP contribution in [0.25, 0.3) is 10.9 Å². The third-order valence-corrected chi connectivity index (χ3v) is 5.99. The van der Waals surface area contributed by atoms with Crippen molar-refractivity contribution in [1.82, 2.24) is 14.7 Å². The normalized spacial score (nSPS) is 21.3. The van der Waals surface area contributed by atoms with Crippen LogP contribution in [-0.4, -0.2) is 47.5 Å². The van der Waals surface area contributed by atoms with E-state index in [4.69, 9.17) is 4.74 Å². The van der Waals surface area contributed by atoms with Crippen LogP contribution in [0.1, 0.15) is 31.1 Å². The Balaban J connectivity index is 1.25. The van der Waals surface area contributed by atoms with E-state index in [-0.39, 0.29) is 6.23 Å². The van der Waals surface area contributed by atoms with Gasteiger partial charge in [-0.15, -0.1) is 0 Å². The van der Waals surface area contributed by atoms with Crippen LogP contribution < -0.4 is 4.90 Å². The summed E-state index contributed by atoms with van der Waals surface area (Å²) in [7, 11) is 0. The lowest BCUT2D eigenvalue weighted by Gasteiger charge is -2.36. The Morgan fingerprint density at radius 1 is 0.964 bits per heavy atom. The van der Waals surface area contributed by atoms with Gasteiger partial charge in [-0.25, -0.2) is 4.68 Å². The van der Waals surface area contributed by atoms with E-state index < -0.39 is 0 Å². The number of ether oxygens (including phenoxy) is 1. The summed E-state index contributed by atoms with van der Waals surface area (Å²) in [5.41, 5.74) is 3.88. The molecule has 2 saturated heterocycles. The van der Waals surface area contributed by atoms with Gasteiger partial charge in [0.1, 0.15) is 0 Å². The first-order valence-corrected chi connectivity index (χ1v) is 10.5. The lowest BCUT2D eigenvalue weighted by Crippen LogP contribution is -2.45. The monoisotopic (exact) mass is 376 g/mol. The Kier molecular flexibility index (Phi) is 5.02. The van der Waals surface area contributed by atoms with Gasteiger partial charge in [0.25, 0.3) is 0 Å². The number of fused-ring (bicyclic) bond motifs is 1. The third kappa shape index (κ3) is 3.64. The summed E-state index contributed by atoms with van der Waals surface area (Å²) in [4.78, 5) is 5.04. The number of hydrogen-bond acceptors (Lipinski definition) is 4. The number of hydrogen-bond donors (Lipinski definition) is 0. The summed E-state index contributed by atoms with van der Waals surface area (Å²) in [5, 5.41) is 5.84. The van der Waals surface area contributed by atoms with E-state index in [0.717, 1.165) is 52.2 Å². The van der Waals surface area contributed by atoms with Crippen molar-refractivity contribution in [2.24, 2.45) is 0 Å². The van der Waals surface area contributed by atoms with Gasteiger partial charge in [0.15, 0.2) is 6.23 Å². The highest BCUT2D eigenvalue weighted by Gasteiger charge is 2.20. The zero-order valence-corrected chi connectivity index (χ0v) is 16.3. The Bertz CT molecular complexity index is 909. The molecule has 3 heterocycles. The van der Waals surface area contributed by atoms with E-state index in [2.05, 4.69) is 68.1 Å². The summed E-state index contributed by atoms with van der Waals surface area (Å²) < 4.78 is 7.99. The van der Waals surface area contributed by atoms with Gasteiger partial charge in [-0.2, -0.15) is 5.10 Å². The number of nitrogens with zero attached hydrogens (tertiary/aromatic N) is 4. The molecule has 0 bridgehead atoms. The summed E-state index contributed by atoms with van der Waals surface area (Å²) in [6.45, 7) is 6.22. The maximum Gasteiger partial charge on any atom is 0.150 e. The molecule has 0 amide bonds. The summed E-state index contributed by atoms with van der Waals surface area (Å²) in [6, 6.07) is 17.5. The second kappa shape index (κ2) is 7.94. The van der Waals surface area contributed by atoms with Gasteiger partial charge in [-0.3, -0.25) is 4.90 Å². The highest BCUT2D eigenvalue weighted by atomic mass is 16.5. The quantitative estimate of drug-likeness (QED) is 0.688. The van der Waals surface area contributed by atoms with Crippen LogP contribution in [0.2, 0.25) is 0 Å². The maximum absolute atomic E-state index is 5.92. The molecular formula is C23H28N4O. The van der Waals surface area contributed by atoms with Crippen LogP contribution in [0, 0.1) is 0 Å². The molecule has 3 aromatic rings. The average molecular weight is 377 g/mol. The van der Waals surface area contributed by atoms with Crippen molar-refractivity contribution >= 4 is 16.6 Å². The van der Waals surface area contributed by atoms with Crippen LogP contribution >= 0.6 is 0 Å². The minimum atomic E-state index is 0.0960. The Labute approximate surface area is 166 Å². The average Bonchev–Trinajstić information content (AvgIpc) is 3.19. The smallest absolute Gasteiger partial charge is 0.150 e. The first kappa shape index (κ1) is 17.7. The van der Waals surface area contributed by atoms with Crippen molar-refractivity contribution in [2.75, 3.05) is 37.7 Å². The van der Waals surface area contributed by atoms with Crippen LogP contribution in [-0.2, 0) is 11.3 Å². The zero-order valence-electron chi connectivity index (χ0n) is 16.3. The van der Waals surface area contributed by atoms with Gasteiger partial charge in [0, 0.05) is 50.4 Å². The molecule has 5 rings (SSSR count). The SMILES string of the molecule is c1ccc(CN2CCN(c3ccc4c(cnn4C4CCCCO4)c3)CC2)cc1. The molecule has 2 aromatic carbocycles. The molecule has 28 heavy (non-hydrogen) atoms. The summed E-state index contributed by atoms with van der Waals surface area (Å²) in [6.07, 6.45) is 5.52. The molecule has 2 fully saturated rings. The topological polar surface area (TPSA) is 33.5 Å². The molecule has 0 spiro atoms. The molecule has 0 saturated carbocycles. The largest absolute Gasteiger partial charge is 0.369 e. The van der Waals surface area contributed by atoms with Gasteiger partial charge in [0.2, 0.25) is 0 Å². The minimum Gasteiger partial charge on any atom is -0.369 e. The molecular weight excluding hydrogens is 348 g/mol. The lowest BCUT2D eigenvalue weighted by molar-refractivity contribution is -0.0366. The standard InChI is InChI=1S/C23H28N4O/c1-2-6-19(7-3-1)18-25-11-13-26(14-12-25)21-9-10-22-20(16-21)17-24-27(22)23-8-4-5-15-28-23/h1-3,6-7,9-10,16-17,23H,4-5,8,11-15,18H2. The van der Waals surface area contributed by atoms with E-state index in [1.807, 2.05) is 6.20 Å². The first-order valence-electron chi connectivity index (χ1n) is 10.5. The van der Waals surface area contributed by atoms with Crippen molar-refractivity contribution < 1.29 is 4.74 Å². The number of rotatable bonds is 4. The molecule has 5 heteroatoms. The molecule has 5 nitrogen and oxygen atoms in total. The maximum atomic E-state index is 5.92. The fourth-order valence-corrected chi connectivity index (χ4v) is 4.39. The number of anilines is 1. The Morgan fingerprint density at radius 2 is 1.82 bits per heavy atom. The predicted octanol–water partition coefficient (Wildman–Crippen LogP) is 4.06. The van der Waals surface area contributed by atoms with E-state index in [1.54, 1.807) is 0 Å². The Morgan fingerprint density at radius 3 is 2.61 bits per heavy atom. The zero-order chi connectivity index (χ0) is 18.8. The summed E-state index contributed by atoms with van der Waals surface area (Å²) in [5.74, 6) is 0. The second-order valence-electron chi connectivity index (χ2n) is 7.90. The first-order chi connectivity index (χ1) is 13.9. The molecule has 1 unspecified atom stereocenters. The van der Waals surface area contributed by atoms with Gasteiger partial charge < -0.3 is 9.64 Å². The fraction of sp³-hybridized carbons (Fsp3) is 0.435. The summed E-state index contributed by atoms with van der Waals surface area (Å²) >= 11 is 0. The number of aromatic nitrogens is 2. The molecule has 0 N–H and O–H groups in total. The lowest BCUT2D eigenvalue weighted by atomic mass is 10.1. The number of piperazine rings is 1. The van der Waals surface area contributed by atoms with Crippen molar-refractivity contribution in [3.05, 3.63) is 60.3 Å². The van der Waals surface area contributed by atoms with Crippen LogP contribution in [0.3, 0.4) is 0 Å². The molecule has 1 aromatic heterocycles. The highest BCUT2D eigenvalue weighted by Crippen LogP contribution is 2.29. The van der Waals surface area contributed by atoms with Crippen molar-refractivity contribution in [3.8, 4) is 0 Å². The van der Waals surface area contributed by atoms with Gasteiger partial charge in [0.05, 0.1) is 11.7 Å². The second-order valence-corrected chi connectivity index (χ2v) is 7.90. The van der Waals surface area contributed by atoms with Crippen LogP contribution in [0.4, 0.5) is 5.69 Å². The van der Waals surface area contributed by atoms with Crippen molar-refractivity contribution in [3.63, 3.8) is 0 Å². The number of benzene rings is 2. The van der Waals surface area contributed by atoms with Crippen molar-refractivity contribution in [1.29, 1.82) is 0 Å². The van der Waals surface area contributed by atoms with Gasteiger partial charge >= 0.3 is 0 Å². The minimum absolute atomic E-state index is 0.0960. The molecule has 2 aliphatic heterocycles. The predicted molar refractivity (Wildman–Crippen MR) is 113 cm³/mol. The van der Waals surface area contributed by atoms with E-state index in [0.29, 0.717) is 0 Å². The molecule has 2 aliphatic rings. The molecule has 1 atom stereocenters. The third-order valence-electron chi connectivity index (χ3n) is 5.99. The highest BCUT2D eigenvalue weighted by molar-refractivity contribution is 5.82. The Hall–Kier alpha value is -2.37. The van der Waals surface area contributed by atoms with E-state index in [1.165, 1.54) is 28.6 Å². The van der Waals surface area contributed by atoms with Gasteiger partial charge in [-0.1, -0.05) is 30.3 Å². The van der Waals surface area contributed by atoms with E-state index in [9.17, 15) is 0 Å². The fourth-order valence-electron chi connectivity index (χ4n) is 4.39. The van der Waals surface area contributed by atoms with E-state index >= 15 is 0 Å². The van der Waals surface area contributed by atoms with Crippen molar-refractivity contribution in [2.45, 2.75) is 32.0 Å². The molecule has 146 valence electrons. The molecule has 0 aliphatic carbocycles. The van der Waals surface area contributed by atoms with Gasteiger partial charge in [-0.05, 0) is 43.0 Å². The molecule has 0 radical (unpaired) electrons. The van der Waals surface area contributed by atoms with Crippen LogP contribution in [0.15, 0.2) is 54.7 Å². The van der Waals surface area contributed by atoms with Crippen LogP contribution in [0.5, 0.6) is 0 Å².